The second-order valence-corrected chi connectivity index (χ2v) is 12.1. The first kappa shape index (κ1) is 25.8. The molecule has 1 aromatic heterocycles. The second-order valence-electron chi connectivity index (χ2n) is 12.1. The van der Waals surface area contributed by atoms with Gasteiger partial charge in [0, 0.05) is 10.8 Å². The topological polar surface area (TPSA) is 13.1 Å². The molecule has 0 N–H and O–H groups in total. The van der Waals surface area contributed by atoms with E-state index < -0.39 is 0 Å². The monoisotopic (exact) mass is 574 g/mol. The standard InChI is InChI=1S/C44H30O/c1-2-3-12-35-34-15-6-10-19-40(34)44(38-17-8-4-13-32(38)33-14-5-9-18-39(33)44)41(35)27-29-21-23-30(24-22-29)31-25-26-43-37(28-31)36-16-7-11-20-42(36)45-43/h2-26,28H,1,27H2/b12-3-. The molecule has 45 heavy (non-hydrogen) atoms. The van der Waals surface area contributed by atoms with E-state index in [0.717, 1.165) is 28.4 Å². The summed E-state index contributed by atoms with van der Waals surface area (Å²) in [5.74, 6) is 0. The SMILES string of the molecule is C=C/C=C\C1=C(Cc2ccc(-c3ccc4oc5ccccc5c4c3)cc2)C2(c3ccccc31)c1ccccc1-c1ccccc12. The maximum absolute atomic E-state index is 6.08. The molecular formula is C44H30O. The molecule has 1 nitrogen and oxygen atoms in total. The van der Waals surface area contributed by atoms with Gasteiger partial charge in [-0.25, -0.2) is 0 Å². The third-order valence-corrected chi connectivity index (χ3v) is 9.80. The fourth-order valence-electron chi connectivity index (χ4n) is 7.93. The lowest BCUT2D eigenvalue weighted by Crippen LogP contribution is -2.28. The Labute approximate surface area is 263 Å². The smallest absolute Gasteiger partial charge is 0.135 e. The molecule has 0 unspecified atom stereocenters. The van der Waals surface area contributed by atoms with Crippen molar-refractivity contribution < 1.29 is 4.42 Å². The summed E-state index contributed by atoms with van der Waals surface area (Å²) < 4.78 is 6.08. The van der Waals surface area contributed by atoms with E-state index in [2.05, 4.69) is 146 Å². The van der Waals surface area contributed by atoms with Crippen molar-refractivity contribution in [3.63, 3.8) is 0 Å². The number of hydrogen-bond donors (Lipinski definition) is 0. The highest BCUT2D eigenvalue weighted by molar-refractivity contribution is 6.06. The summed E-state index contributed by atoms with van der Waals surface area (Å²) >= 11 is 0. The van der Waals surface area contributed by atoms with Crippen molar-refractivity contribution in [2.24, 2.45) is 0 Å². The van der Waals surface area contributed by atoms with Crippen LogP contribution >= 0.6 is 0 Å². The molecule has 7 aromatic rings. The Hall–Kier alpha value is -5.66. The van der Waals surface area contributed by atoms with Gasteiger partial charge in [-0.1, -0.05) is 146 Å². The highest BCUT2D eigenvalue weighted by atomic mass is 16.3. The van der Waals surface area contributed by atoms with Crippen LogP contribution in [0.15, 0.2) is 174 Å². The van der Waals surface area contributed by atoms with Crippen LogP contribution < -0.4 is 0 Å². The van der Waals surface area contributed by atoms with Crippen LogP contribution in [0, 0.1) is 0 Å². The van der Waals surface area contributed by atoms with Crippen molar-refractivity contribution in [1.82, 2.24) is 0 Å². The van der Waals surface area contributed by atoms with Gasteiger partial charge in [-0.3, -0.25) is 0 Å². The molecule has 0 saturated carbocycles. The minimum atomic E-state index is -0.351. The van der Waals surface area contributed by atoms with E-state index in [1.165, 1.54) is 61.2 Å². The van der Waals surface area contributed by atoms with E-state index in [0.29, 0.717) is 0 Å². The van der Waals surface area contributed by atoms with Crippen molar-refractivity contribution >= 4 is 27.5 Å². The van der Waals surface area contributed by atoms with E-state index in [9.17, 15) is 0 Å². The molecule has 212 valence electrons. The van der Waals surface area contributed by atoms with Gasteiger partial charge in [-0.05, 0) is 85.8 Å². The first-order valence-corrected chi connectivity index (χ1v) is 15.6. The van der Waals surface area contributed by atoms with E-state index in [1.54, 1.807) is 0 Å². The van der Waals surface area contributed by atoms with E-state index in [4.69, 9.17) is 4.42 Å². The number of rotatable bonds is 5. The molecule has 0 bridgehead atoms. The summed E-state index contributed by atoms with van der Waals surface area (Å²) in [4.78, 5) is 0. The molecule has 0 atom stereocenters. The highest BCUT2D eigenvalue weighted by Gasteiger charge is 2.52. The molecule has 0 saturated heterocycles. The van der Waals surface area contributed by atoms with Crippen LogP contribution in [0.25, 0.3) is 49.8 Å². The van der Waals surface area contributed by atoms with Gasteiger partial charge in [0.05, 0.1) is 5.41 Å². The number of benzene rings is 6. The number of fused-ring (bicyclic) bond motifs is 10. The predicted octanol–water partition coefficient (Wildman–Crippen LogP) is 11.3. The zero-order valence-electron chi connectivity index (χ0n) is 24.8. The van der Waals surface area contributed by atoms with Crippen LogP contribution in [0.3, 0.4) is 0 Å². The molecule has 6 aromatic carbocycles. The summed E-state index contributed by atoms with van der Waals surface area (Å²) in [6.45, 7) is 4.00. The molecule has 1 spiro atoms. The van der Waals surface area contributed by atoms with E-state index in [-0.39, 0.29) is 5.41 Å². The third kappa shape index (κ3) is 3.68. The fraction of sp³-hybridized carbons (Fsp3) is 0.0455. The zero-order valence-corrected chi connectivity index (χ0v) is 24.8. The molecule has 1 heterocycles. The molecule has 9 rings (SSSR count). The van der Waals surface area contributed by atoms with Crippen LogP contribution in [0.1, 0.15) is 27.8 Å². The van der Waals surface area contributed by atoms with Crippen molar-refractivity contribution in [2.45, 2.75) is 11.8 Å². The Kier molecular flexibility index (Phi) is 5.70. The van der Waals surface area contributed by atoms with Crippen LogP contribution in [0.2, 0.25) is 0 Å². The Morgan fingerprint density at radius 3 is 1.84 bits per heavy atom. The zero-order chi connectivity index (χ0) is 30.0. The maximum atomic E-state index is 6.08. The van der Waals surface area contributed by atoms with Gasteiger partial charge in [-0.2, -0.15) is 0 Å². The minimum Gasteiger partial charge on any atom is -0.456 e. The van der Waals surface area contributed by atoms with Gasteiger partial charge in [0.1, 0.15) is 11.2 Å². The van der Waals surface area contributed by atoms with Gasteiger partial charge in [-0.15, -0.1) is 0 Å². The summed E-state index contributed by atoms with van der Waals surface area (Å²) in [6, 6.07) is 50.9. The molecule has 0 fully saturated rings. The summed E-state index contributed by atoms with van der Waals surface area (Å²) in [5.41, 5.74) is 15.9. The number of furan rings is 1. The summed E-state index contributed by atoms with van der Waals surface area (Å²) in [7, 11) is 0. The predicted molar refractivity (Wildman–Crippen MR) is 187 cm³/mol. The molecule has 0 radical (unpaired) electrons. The lowest BCUT2D eigenvalue weighted by atomic mass is 9.68. The van der Waals surface area contributed by atoms with E-state index in [1.807, 2.05) is 18.2 Å². The number of para-hydroxylation sites is 1. The van der Waals surface area contributed by atoms with Crippen LogP contribution in [0.5, 0.6) is 0 Å². The van der Waals surface area contributed by atoms with Gasteiger partial charge in [0.15, 0.2) is 0 Å². The van der Waals surface area contributed by atoms with Crippen LogP contribution in [-0.4, -0.2) is 0 Å². The third-order valence-electron chi connectivity index (χ3n) is 9.80. The molecule has 0 aliphatic heterocycles. The molecule has 1 heteroatoms. The molecule has 2 aliphatic rings. The van der Waals surface area contributed by atoms with Crippen molar-refractivity contribution in [3.8, 4) is 22.3 Å². The first-order chi connectivity index (χ1) is 22.3. The van der Waals surface area contributed by atoms with Gasteiger partial charge < -0.3 is 4.42 Å². The fourth-order valence-corrected chi connectivity index (χ4v) is 7.93. The molecule has 2 aliphatic carbocycles. The van der Waals surface area contributed by atoms with Crippen LogP contribution in [0.4, 0.5) is 0 Å². The Bertz CT molecular complexity index is 2310. The lowest BCUT2D eigenvalue weighted by Gasteiger charge is -2.33. The molecular weight excluding hydrogens is 544 g/mol. The quantitative estimate of drug-likeness (QED) is 0.186. The summed E-state index contributed by atoms with van der Waals surface area (Å²) in [6.07, 6.45) is 7.05. The largest absolute Gasteiger partial charge is 0.456 e. The van der Waals surface area contributed by atoms with Crippen molar-refractivity contribution in [1.29, 1.82) is 0 Å². The van der Waals surface area contributed by atoms with E-state index >= 15 is 0 Å². The van der Waals surface area contributed by atoms with Gasteiger partial charge >= 0.3 is 0 Å². The van der Waals surface area contributed by atoms with Crippen molar-refractivity contribution in [3.05, 3.63) is 198 Å². The Morgan fingerprint density at radius 1 is 0.556 bits per heavy atom. The van der Waals surface area contributed by atoms with Gasteiger partial charge in [0.25, 0.3) is 0 Å². The highest BCUT2D eigenvalue weighted by Crippen LogP contribution is 2.62. The first-order valence-electron chi connectivity index (χ1n) is 15.6. The maximum Gasteiger partial charge on any atom is 0.135 e. The number of hydrogen-bond acceptors (Lipinski definition) is 1. The Morgan fingerprint density at radius 2 is 1.13 bits per heavy atom. The lowest BCUT2D eigenvalue weighted by molar-refractivity contribution is 0.669. The number of allylic oxidation sites excluding steroid dienone is 5. The molecule has 0 amide bonds. The Balaban J connectivity index is 1.19. The van der Waals surface area contributed by atoms with Gasteiger partial charge in [0.2, 0.25) is 0 Å². The average molecular weight is 575 g/mol. The second kappa shape index (κ2) is 9.94. The van der Waals surface area contributed by atoms with Crippen molar-refractivity contribution in [2.75, 3.05) is 0 Å². The minimum absolute atomic E-state index is 0.351. The average Bonchev–Trinajstić information content (AvgIpc) is 3.71. The van der Waals surface area contributed by atoms with Crippen LogP contribution in [-0.2, 0) is 11.8 Å². The normalized spacial score (nSPS) is 14.4. The summed E-state index contributed by atoms with van der Waals surface area (Å²) in [5, 5.41) is 2.31.